The van der Waals surface area contributed by atoms with E-state index in [9.17, 15) is 4.79 Å². The number of hydrogen-bond acceptors (Lipinski definition) is 2. The van der Waals surface area contributed by atoms with Crippen molar-refractivity contribution in [3.8, 4) is 0 Å². The molecule has 1 amide bonds. The molecular weight excluding hydrogens is 236 g/mol. The van der Waals surface area contributed by atoms with Crippen LogP contribution in [0.25, 0.3) is 0 Å². The van der Waals surface area contributed by atoms with Crippen LogP contribution >= 0.6 is 0 Å². The molecule has 3 heteroatoms. The van der Waals surface area contributed by atoms with E-state index in [-0.39, 0.29) is 11.9 Å². The summed E-state index contributed by atoms with van der Waals surface area (Å²) in [6.07, 6.45) is 2.37. The molecular formula is C16H26N2O. The molecule has 1 aromatic carbocycles. The quantitative estimate of drug-likeness (QED) is 0.857. The van der Waals surface area contributed by atoms with Gasteiger partial charge in [-0.05, 0) is 31.4 Å². The first-order valence-corrected chi connectivity index (χ1v) is 6.99. The highest BCUT2D eigenvalue weighted by Crippen LogP contribution is 2.13. The van der Waals surface area contributed by atoms with Gasteiger partial charge in [0.15, 0.2) is 0 Å². The van der Waals surface area contributed by atoms with Crippen molar-refractivity contribution >= 4 is 5.91 Å². The Kier molecular flexibility index (Phi) is 6.03. The summed E-state index contributed by atoms with van der Waals surface area (Å²) in [4.78, 5) is 13.8. The number of nitrogens with two attached hydrogens (primary N) is 1. The lowest BCUT2D eigenvalue weighted by molar-refractivity contribution is -0.130. The standard InChI is InChI=1S/C16H26N2O/c1-5-6-15(17)10-16(19)18(4)11-14-8-7-12(2)9-13(14)3/h7-9,15H,5-6,10-11,17H2,1-4H3. The lowest BCUT2D eigenvalue weighted by atomic mass is 10.0. The third-order valence-electron chi connectivity index (χ3n) is 3.43. The van der Waals surface area contributed by atoms with Gasteiger partial charge in [-0.2, -0.15) is 0 Å². The molecule has 0 aromatic heterocycles. The van der Waals surface area contributed by atoms with Crippen molar-refractivity contribution in [2.75, 3.05) is 7.05 Å². The smallest absolute Gasteiger partial charge is 0.224 e. The Morgan fingerprint density at radius 3 is 2.63 bits per heavy atom. The molecule has 0 saturated heterocycles. The molecule has 1 rings (SSSR count). The molecule has 0 bridgehead atoms. The van der Waals surface area contributed by atoms with Crippen LogP contribution in [0.4, 0.5) is 0 Å². The van der Waals surface area contributed by atoms with Gasteiger partial charge in [0.2, 0.25) is 5.91 Å². The Morgan fingerprint density at radius 1 is 1.37 bits per heavy atom. The van der Waals surface area contributed by atoms with Gasteiger partial charge in [-0.25, -0.2) is 0 Å². The van der Waals surface area contributed by atoms with Gasteiger partial charge in [0, 0.05) is 26.1 Å². The molecule has 0 aliphatic heterocycles. The van der Waals surface area contributed by atoms with Gasteiger partial charge in [0.1, 0.15) is 0 Å². The molecule has 0 aliphatic carbocycles. The van der Waals surface area contributed by atoms with Gasteiger partial charge in [-0.15, -0.1) is 0 Å². The Hall–Kier alpha value is -1.35. The largest absolute Gasteiger partial charge is 0.341 e. The normalized spacial score (nSPS) is 12.3. The van der Waals surface area contributed by atoms with Crippen molar-refractivity contribution in [2.45, 2.75) is 52.6 Å². The van der Waals surface area contributed by atoms with Crippen LogP contribution in [0.1, 0.15) is 42.9 Å². The van der Waals surface area contributed by atoms with Gasteiger partial charge in [0.05, 0.1) is 0 Å². The fraction of sp³-hybridized carbons (Fsp3) is 0.562. The predicted octanol–water partition coefficient (Wildman–Crippen LogP) is 2.78. The topological polar surface area (TPSA) is 46.3 Å². The second-order valence-electron chi connectivity index (χ2n) is 5.43. The monoisotopic (exact) mass is 262 g/mol. The summed E-state index contributed by atoms with van der Waals surface area (Å²) in [6, 6.07) is 6.32. The first kappa shape index (κ1) is 15.7. The molecule has 0 aliphatic rings. The lowest BCUT2D eigenvalue weighted by Gasteiger charge is -2.20. The van der Waals surface area contributed by atoms with Crippen LogP contribution in [-0.2, 0) is 11.3 Å². The van der Waals surface area contributed by atoms with Gasteiger partial charge < -0.3 is 10.6 Å². The number of aryl methyl sites for hydroxylation is 2. The highest BCUT2D eigenvalue weighted by atomic mass is 16.2. The zero-order chi connectivity index (χ0) is 14.4. The Morgan fingerprint density at radius 2 is 2.05 bits per heavy atom. The van der Waals surface area contributed by atoms with E-state index in [0.717, 1.165) is 12.8 Å². The summed E-state index contributed by atoms with van der Waals surface area (Å²) in [5, 5.41) is 0. The molecule has 1 unspecified atom stereocenters. The second-order valence-corrected chi connectivity index (χ2v) is 5.43. The fourth-order valence-electron chi connectivity index (χ4n) is 2.22. The van der Waals surface area contributed by atoms with Crippen LogP contribution in [0, 0.1) is 13.8 Å². The molecule has 19 heavy (non-hydrogen) atoms. The van der Waals surface area contributed by atoms with Crippen LogP contribution < -0.4 is 5.73 Å². The van der Waals surface area contributed by atoms with E-state index in [1.165, 1.54) is 16.7 Å². The van der Waals surface area contributed by atoms with Crippen molar-refractivity contribution in [1.82, 2.24) is 4.90 Å². The minimum atomic E-state index is -0.0148. The maximum Gasteiger partial charge on any atom is 0.224 e. The van der Waals surface area contributed by atoms with E-state index in [4.69, 9.17) is 5.73 Å². The molecule has 0 heterocycles. The summed E-state index contributed by atoms with van der Waals surface area (Å²) in [6.45, 7) is 6.91. The van der Waals surface area contributed by atoms with Gasteiger partial charge >= 0.3 is 0 Å². The maximum atomic E-state index is 12.1. The number of benzene rings is 1. The molecule has 0 saturated carbocycles. The Bertz CT molecular complexity index is 429. The van der Waals surface area contributed by atoms with Crippen molar-refractivity contribution in [3.63, 3.8) is 0 Å². The van der Waals surface area contributed by atoms with Crippen LogP contribution in [0.3, 0.4) is 0 Å². The highest BCUT2D eigenvalue weighted by molar-refractivity contribution is 5.76. The van der Waals surface area contributed by atoms with Crippen LogP contribution in [0.5, 0.6) is 0 Å². The molecule has 1 aromatic rings. The van der Waals surface area contributed by atoms with E-state index >= 15 is 0 Å². The van der Waals surface area contributed by atoms with E-state index in [1.807, 2.05) is 7.05 Å². The Labute approximate surface area is 116 Å². The Balaban J connectivity index is 2.58. The second kappa shape index (κ2) is 7.29. The van der Waals surface area contributed by atoms with E-state index in [0.29, 0.717) is 13.0 Å². The predicted molar refractivity (Wildman–Crippen MR) is 79.9 cm³/mol. The number of carbonyl (C=O) groups excluding carboxylic acids is 1. The number of carbonyl (C=O) groups is 1. The van der Waals surface area contributed by atoms with Gasteiger partial charge in [-0.3, -0.25) is 4.79 Å². The summed E-state index contributed by atoms with van der Waals surface area (Å²) in [7, 11) is 1.85. The summed E-state index contributed by atoms with van der Waals surface area (Å²) >= 11 is 0. The van der Waals surface area contributed by atoms with Crippen molar-refractivity contribution in [3.05, 3.63) is 34.9 Å². The minimum absolute atomic E-state index is 0.0148. The zero-order valence-corrected chi connectivity index (χ0v) is 12.6. The molecule has 1 atom stereocenters. The molecule has 3 nitrogen and oxygen atoms in total. The fourth-order valence-corrected chi connectivity index (χ4v) is 2.22. The van der Waals surface area contributed by atoms with Gasteiger partial charge in [-0.1, -0.05) is 37.1 Å². The van der Waals surface area contributed by atoms with E-state index in [2.05, 4.69) is 39.0 Å². The zero-order valence-electron chi connectivity index (χ0n) is 12.6. The van der Waals surface area contributed by atoms with Crippen LogP contribution in [0.15, 0.2) is 18.2 Å². The lowest BCUT2D eigenvalue weighted by Crippen LogP contribution is -2.33. The van der Waals surface area contributed by atoms with Crippen molar-refractivity contribution < 1.29 is 4.79 Å². The van der Waals surface area contributed by atoms with Crippen LogP contribution in [0.2, 0.25) is 0 Å². The third-order valence-corrected chi connectivity index (χ3v) is 3.43. The molecule has 106 valence electrons. The average Bonchev–Trinajstić information content (AvgIpc) is 2.32. The average molecular weight is 262 g/mol. The first-order valence-electron chi connectivity index (χ1n) is 6.99. The first-order chi connectivity index (χ1) is 8.93. The van der Waals surface area contributed by atoms with Crippen LogP contribution in [-0.4, -0.2) is 23.9 Å². The SMILES string of the molecule is CCCC(N)CC(=O)N(C)Cc1ccc(C)cc1C. The molecule has 0 fully saturated rings. The van der Waals surface area contributed by atoms with E-state index in [1.54, 1.807) is 4.90 Å². The van der Waals surface area contributed by atoms with Crippen molar-refractivity contribution in [1.29, 1.82) is 0 Å². The van der Waals surface area contributed by atoms with Gasteiger partial charge in [0.25, 0.3) is 0 Å². The number of amides is 1. The number of rotatable bonds is 6. The highest BCUT2D eigenvalue weighted by Gasteiger charge is 2.14. The summed E-state index contributed by atoms with van der Waals surface area (Å²) in [5.41, 5.74) is 9.60. The number of hydrogen-bond donors (Lipinski definition) is 1. The minimum Gasteiger partial charge on any atom is -0.341 e. The molecule has 0 radical (unpaired) electrons. The van der Waals surface area contributed by atoms with Crippen molar-refractivity contribution in [2.24, 2.45) is 5.73 Å². The van der Waals surface area contributed by atoms with E-state index < -0.39 is 0 Å². The molecule has 2 N–H and O–H groups in total. The molecule has 0 spiro atoms. The number of nitrogens with zero attached hydrogens (tertiary/aromatic N) is 1. The maximum absolute atomic E-state index is 12.1. The summed E-state index contributed by atoms with van der Waals surface area (Å²) < 4.78 is 0. The third kappa shape index (κ3) is 5.03. The summed E-state index contributed by atoms with van der Waals surface area (Å²) in [5.74, 6) is 0.126.